The van der Waals surface area contributed by atoms with Gasteiger partial charge in [-0.15, -0.1) is 0 Å². The van der Waals surface area contributed by atoms with E-state index in [0.29, 0.717) is 5.92 Å². The second kappa shape index (κ2) is 5.59. The molecule has 2 aromatic rings. The van der Waals surface area contributed by atoms with Crippen molar-refractivity contribution in [3.63, 3.8) is 0 Å². The number of allylic oxidation sites excluding steroid dienone is 2. The molecule has 128 valence electrons. The minimum absolute atomic E-state index is 0.0499. The Morgan fingerprint density at radius 1 is 1.08 bits per heavy atom. The molecule has 0 spiro atoms. The standard InChI is InChI=1S/C23H25NO/c1-14(2)11-20-21(23(20,3)4)22(25)24-17-9-10-19-16(13-17)12-15-7-5-6-8-18(15)19/h5-11,13,20-21H,12H2,1-4H3,(H,24,25)/t20-,21+/m0/s1. The highest BCUT2D eigenvalue weighted by molar-refractivity contribution is 5.96. The van der Waals surface area contributed by atoms with Gasteiger partial charge in [0, 0.05) is 5.69 Å². The Hall–Kier alpha value is -2.35. The van der Waals surface area contributed by atoms with E-state index in [0.717, 1.165) is 12.1 Å². The minimum atomic E-state index is 0.0499. The normalized spacial score (nSPS) is 21.9. The van der Waals surface area contributed by atoms with Gasteiger partial charge in [-0.2, -0.15) is 0 Å². The molecule has 0 heterocycles. The summed E-state index contributed by atoms with van der Waals surface area (Å²) in [6.07, 6.45) is 3.19. The maximum Gasteiger partial charge on any atom is 0.228 e. The van der Waals surface area contributed by atoms with Crippen molar-refractivity contribution in [3.05, 3.63) is 65.2 Å². The van der Waals surface area contributed by atoms with Crippen LogP contribution in [0, 0.1) is 17.3 Å². The predicted molar refractivity (Wildman–Crippen MR) is 104 cm³/mol. The van der Waals surface area contributed by atoms with Gasteiger partial charge in [-0.1, -0.05) is 55.8 Å². The van der Waals surface area contributed by atoms with Gasteiger partial charge < -0.3 is 5.32 Å². The smallest absolute Gasteiger partial charge is 0.228 e. The maximum absolute atomic E-state index is 12.8. The Morgan fingerprint density at radius 3 is 2.56 bits per heavy atom. The lowest BCUT2D eigenvalue weighted by molar-refractivity contribution is -0.118. The van der Waals surface area contributed by atoms with E-state index in [1.807, 2.05) is 6.07 Å². The lowest BCUT2D eigenvalue weighted by Gasteiger charge is -2.08. The highest BCUT2D eigenvalue weighted by atomic mass is 16.2. The Kier molecular flexibility index (Phi) is 3.61. The Morgan fingerprint density at radius 2 is 1.80 bits per heavy atom. The van der Waals surface area contributed by atoms with E-state index < -0.39 is 0 Å². The summed E-state index contributed by atoms with van der Waals surface area (Å²) in [5.74, 6) is 0.548. The summed E-state index contributed by atoms with van der Waals surface area (Å²) in [5.41, 5.74) is 7.53. The molecule has 1 amide bonds. The molecule has 0 bridgehead atoms. The molecule has 2 nitrogen and oxygen atoms in total. The van der Waals surface area contributed by atoms with E-state index in [1.165, 1.54) is 27.8 Å². The summed E-state index contributed by atoms with van der Waals surface area (Å²) in [5, 5.41) is 3.15. The van der Waals surface area contributed by atoms with Gasteiger partial charge in [0.15, 0.2) is 0 Å². The number of rotatable bonds is 3. The molecular weight excluding hydrogens is 306 g/mol. The fraction of sp³-hybridized carbons (Fsp3) is 0.348. The third-order valence-corrected chi connectivity index (χ3v) is 5.77. The molecule has 0 aliphatic heterocycles. The van der Waals surface area contributed by atoms with Crippen LogP contribution in [0.4, 0.5) is 5.69 Å². The summed E-state index contributed by atoms with van der Waals surface area (Å²) < 4.78 is 0. The fourth-order valence-corrected chi connectivity index (χ4v) is 4.29. The first-order chi connectivity index (χ1) is 11.9. The van der Waals surface area contributed by atoms with Crippen molar-refractivity contribution in [2.45, 2.75) is 34.1 Å². The zero-order valence-corrected chi connectivity index (χ0v) is 15.4. The van der Waals surface area contributed by atoms with Gasteiger partial charge in [0.1, 0.15) is 0 Å². The number of carbonyl (C=O) groups is 1. The van der Waals surface area contributed by atoms with E-state index in [2.05, 4.69) is 75.5 Å². The maximum atomic E-state index is 12.8. The first-order valence-corrected chi connectivity index (χ1v) is 9.05. The van der Waals surface area contributed by atoms with Crippen LogP contribution in [0.3, 0.4) is 0 Å². The Labute approximate surface area is 150 Å². The highest BCUT2D eigenvalue weighted by Gasteiger charge is 2.60. The van der Waals surface area contributed by atoms with Crippen LogP contribution in [0.2, 0.25) is 0 Å². The monoisotopic (exact) mass is 331 g/mol. The van der Waals surface area contributed by atoms with E-state index in [4.69, 9.17) is 0 Å². The van der Waals surface area contributed by atoms with E-state index in [1.54, 1.807) is 0 Å². The topological polar surface area (TPSA) is 29.1 Å². The quantitative estimate of drug-likeness (QED) is 0.637. The summed E-state index contributed by atoms with van der Waals surface area (Å²) >= 11 is 0. The lowest BCUT2D eigenvalue weighted by atomic mass is 10.1. The van der Waals surface area contributed by atoms with Crippen molar-refractivity contribution in [1.29, 1.82) is 0 Å². The average Bonchev–Trinajstić information content (AvgIpc) is 2.91. The second-order valence-corrected chi connectivity index (χ2v) is 8.26. The number of hydrogen-bond donors (Lipinski definition) is 1. The molecule has 1 saturated carbocycles. The van der Waals surface area contributed by atoms with Crippen molar-refractivity contribution in [3.8, 4) is 11.1 Å². The van der Waals surface area contributed by atoms with E-state index >= 15 is 0 Å². The van der Waals surface area contributed by atoms with Crippen molar-refractivity contribution in [2.75, 3.05) is 5.32 Å². The molecule has 1 N–H and O–H groups in total. The summed E-state index contributed by atoms with van der Waals surface area (Å²) in [6, 6.07) is 14.8. The van der Waals surface area contributed by atoms with Crippen LogP contribution < -0.4 is 5.32 Å². The molecule has 0 unspecified atom stereocenters. The average molecular weight is 331 g/mol. The van der Waals surface area contributed by atoms with Crippen LogP contribution in [-0.4, -0.2) is 5.91 Å². The molecule has 1 fully saturated rings. The molecule has 25 heavy (non-hydrogen) atoms. The van der Waals surface area contributed by atoms with Crippen LogP contribution in [0.5, 0.6) is 0 Å². The van der Waals surface area contributed by atoms with Crippen molar-refractivity contribution in [2.24, 2.45) is 17.3 Å². The molecule has 2 aromatic carbocycles. The van der Waals surface area contributed by atoms with Gasteiger partial charge >= 0.3 is 0 Å². The fourth-order valence-electron chi connectivity index (χ4n) is 4.29. The number of anilines is 1. The summed E-state index contributed by atoms with van der Waals surface area (Å²) in [6.45, 7) is 8.56. The van der Waals surface area contributed by atoms with Gasteiger partial charge in [0.25, 0.3) is 0 Å². The Balaban J connectivity index is 1.53. The summed E-state index contributed by atoms with van der Waals surface area (Å²) in [4.78, 5) is 12.8. The van der Waals surface area contributed by atoms with Crippen molar-refractivity contribution >= 4 is 11.6 Å². The lowest BCUT2D eigenvalue weighted by Crippen LogP contribution is -2.17. The van der Waals surface area contributed by atoms with Gasteiger partial charge in [-0.05, 0) is 66.0 Å². The van der Waals surface area contributed by atoms with Crippen LogP contribution in [0.15, 0.2) is 54.1 Å². The molecule has 2 aliphatic rings. The van der Waals surface area contributed by atoms with Crippen molar-refractivity contribution in [1.82, 2.24) is 0 Å². The van der Waals surface area contributed by atoms with Gasteiger partial charge in [0.05, 0.1) is 5.92 Å². The zero-order valence-electron chi connectivity index (χ0n) is 15.4. The third-order valence-electron chi connectivity index (χ3n) is 5.77. The number of amides is 1. The highest BCUT2D eigenvalue weighted by Crippen LogP contribution is 2.59. The SMILES string of the molecule is CC(C)=C[C@H]1[C@H](C(=O)Nc2ccc3c(c2)Cc2ccccc2-3)C1(C)C. The molecule has 0 aromatic heterocycles. The molecular formula is C23H25NO. The number of fused-ring (bicyclic) bond motifs is 3. The Bertz CT molecular complexity index is 887. The first-order valence-electron chi connectivity index (χ1n) is 9.05. The predicted octanol–water partition coefficient (Wildman–Crippen LogP) is 5.43. The first kappa shape index (κ1) is 16.1. The number of carbonyl (C=O) groups excluding carboxylic acids is 1. The molecule has 2 heteroatoms. The molecule has 2 atom stereocenters. The second-order valence-electron chi connectivity index (χ2n) is 8.26. The molecule has 2 aliphatic carbocycles. The number of benzene rings is 2. The van der Waals surface area contributed by atoms with Gasteiger partial charge in [-0.3, -0.25) is 4.79 Å². The van der Waals surface area contributed by atoms with Crippen LogP contribution in [-0.2, 0) is 11.2 Å². The largest absolute Gasteiger partial charge is 0.326 e. The van der Waals surface area contributed by atoms with Crippen LogP contribution in [0.25, 0.3) is 11.1 Å². The van der Waals surface area contributed by atoms with Gasteiger partial charge in [0.2, 0.25) is 5.91 Å². The molecule has 0 saturated heterocycles. The summed E-state index contributed by atoms with van der Waals surface area (Å²) in [7, 11) is 0. The van der Waals surface area contributed by atoms with E-state index in [-0.39, 0.29) is 17.2 Å². The molecule has 4 rings (SSSR count). The molecule has 0 radical (unpaired) electrons. The minimum Gasteiger partial charge on any atom is -0.326 e. The van der Waals surface area contributed by atoms with Crippen LogP contribution in [0.1, 0.15) is 38.8 Å². The van der Waals surface area contributed by atoms with Gasteiger partial charge in [-0.25, -0.2) is 0 Å². The number of hydrogen-bond acceptors (Lipinski definition) is 1. The van der Waals surface area contributed by atoms with E-state index in [9.17, 15) is 4.79 Å². The third kappa shape index (κ3) is 2.70. The van der Waals surface area contributed by atoms with Crippen LogP contribution >= 0.6 is 0 Å². The van der Waals surface area contributed by atoms with Crippen molar-refractivity contribution < 1.29 is 4.79 Å². The number of nitrogens with one attached hydrogen (secondary N) is 1. The zero-order chi connectivity index (χ0) is 17.8.